The van der Waals surface area contributed by atoms with Gasteiger partial charge in [0, 0.05) is 30.1 Å². The molecule has 2 aromatic carbocycles. The predicted octanol–water partition coefficient (Wildman–Crippen LogP) is 3.82. The number of fused-ring (bicyclic) bond motifs is 1. The highest BCUT2D eigenvalue weighted by atomic mass is 32.2. The maximum atomic E-state index is 13.0. The van der Waals surface area contributed by atoms with Crippen molar-refractivity contribution in [3.8, 4) is 17.0 Å². The number of nitrogens with zero attached hydrogens (tertiary/aromatic N) is 2. The van der Waals surface area contributed by atoms with Gasteiger partial charge in [0.25, 0.3) is 5.91 Å². The van der Waals surface area contributed by atoms with Crippen molar-refractivity contribution in [3.63, 3.8) is 0 Å². The minimum atomic E-state index is -3.35. The molecule has 1 amide bonds. The maximum absolute atomic E-state index is 13.0. The number of nitrogens with one attached hydrogen (secondary N) is 2. The summed E-state index contributed by atoms with van der Waals surface area (Å²) in [4.78, 5) is 17.5. The minimum Gasteiger partial charge on any atom is -0.495 e. The third kappa shape index (κ3) is 4.42. The Morgan fingerprint density at radius 1 is 1.22 bits per heavy atom. The number of methoxy groups -OCH3 is 1. The van der Waals surface area contributed by atoms with Gasteiger partial charge in [-0.15, -0.1) is 11.3 Å². The van der Waals surface area contributed by atoms with Crippen LogP contribution in [-0.4, -0.2) is 46.3 Å². The molecule has 0 unspecified atom stereocenters. The van der Waals surface area contributed by atoms with Gasteiger partial charge in [0.05, 0.1) is 30.4 Å². The molecule has 0 fully saturated rings. The molecule has 0 bridgehead atoms. The van der Waals surface area contributed by atoms with E-state index in [1.165, 1.54) is 21.9 Å². The molecule has 0 saturated heterocycles. The molecule has 10 heteroatoms. The average Bonchev–Trinajstić information content (AvgIpc) is 3.27. The third-order valence-electron chi connectivity index (χ3n) is 5.28. The number of thiazole rings is 1. The van der Waals surface area contributed by atoms with Crippen molar-refractivity contribution in [3.05, 3.63) is 52.9 Å². The van der Waals surface area contributed by atoms with Gasteiger partial charge < -0.3 is 15.4 Å². The van der Waals surface area contributed by atoms with Gasteiger partial charge in [-0.2, -0.15) is 0 Å². The highest BCUT2D eigenvalue weighted by molar-refractivity contribution is 7.92. The Morgan fingerprint density at radius 3 is 2.72 bits per heavy atom. The molecule has 32 heavy (non-hydrogen) atoms. The second-order valence-electron chi connectivity index (χ2n) is 7.44. The molecule has 168 valence electrons. The minimum absolute atomic E-state index is 0.297. The van der Waals surface area contributed by atoms with Crippen LogP contribution in [0.25, 0.3) is 11.3 Å². The molecule has 3 aromatic rings. The summed E-state index contributed by atoms with van der Waals surface area (Å²) >= 11 is 1.50. The molecule has 2 N–H and O–H groups in total. The summed E-state index contributed by atoms with van der Waals surface area (Å²) in [6.45, 7) is 0.452. The van der Waals surface area contributed by atoms with Crippen LogP contribution >= 0.6 is 11.3 Å². The molecule has 1 aromatic heterocycles. The Bertz CT molecular complexity index is 1270. The van der Waals surface area contributed by atoms with Crippen LogP contribution in [0, 0.1) is 0 Å². The van der Waals surface area contributed by atoms with Crippen molar-refractivity contribution in [1.29, 1.82) is 0 Å². The average molecular weight is 473 g/mol. The highest BCUT2D eigenvalue weighted by Gasteiger charge is 2.25. The first-order valence-corrected chi connectivity index (χ1v) is 12.8. The molecular formula is C22H24N4O4S2. The van der Waals surface area contributed by atoms with E-state index in [4.69, 9.17) is 4.74 Å². The number of aromatic nitrogens is 1. The topological polar surface area (TPSA) is 101 Å². The van der Waals surface area contributed by atoms with Gasteiger partial charge in [-0.25, -0.2) is 13.4 Å². The number of hydrogen-bond donors (Lipinski definition) is 2. The van der Waals surface area contributed by atoms with Crippen LogP contribution in [0.4, 0.5) is 16.5 Å². The zero-order valence-electron chi connectivity index (χ0n) is 18.0. The molecule has 1 aliphatic heterocycles. The van der Waals surface area contributed by atoms with E-state index in [-0.39, 0.29) is 5.91 Å². The normalized spacial score (nSPS) is 13.4. The van der Waals surface area contributed by atoms with Crippen LogP contribution in [0.5, 0.6) is 5.75 Å². The molecule has 0 aliphatic carbocycles. The van der Waals surface area contributed by atoms with Crippen molar-refractivity contribution >= 4 is 43.8 Å². The number of benzene rings is 2. The molecule has 4 rings (SSSR count). The number of ether oxygens (including phenoxy) is 1. The Morgan fingerprint density at radius 2 is 2.03 bits per heavy atom. The van der Waals surface area contributed by atoms with Crippen LogP contribution < -0.4 is 19.7 Å². The SMILES string of the molecule is CNc1nc(-c2ccc(OC)c(NC(=O)c3ccc4c(c3)CCCN4S(C)(=O)=O)c2)cs1. The summed E-state index contributed by atoms with van der Waals surface area (Å²) in [5.74, 6) is 0.237. The summed E-state index contributed by atoms with van der Waals surface area (Å²) in [7, 11) is 0.00775. The molecule has 2 heterocycles. The van der Waals surface area contributed by atoms with E-state index in [1.54, 1.807) is 31.4 Å². The van der Waals surface area contributed by atoms with Gasteiger partial charge in [0.15, 0.2) is 5.13 Å². The summed E-state index contributed by atoms with van der Waals surface area (Å²) in [5, 5.41) is 8.68. The Hall–Kier alpha value is -3.11. The van der Waals surface area contributed by atoms with Crippen LogP contribution in [0.15, 0.2) is 41.8 Å². The Kier molecular flexibility index (Phi) is 6.07. The molecule has 0 saturated carbocycles. The highest BCUT2D eigenvalue weighted by Crippen LogP contribution is 2.33. The van der Waals surface area contributed by atoms with Crippen molar-refractivity contribution in [2.75, 3.05) is 41.9 Å². The Balaban J connectivity index is 1.62. The number of sulfonamides is 1. The number of rotatable bonds is 6. The van der Waals surface area contributed by atoms with E-state index in [1.807, 2.05) is 24.6 Å². The predicted molar refractivity (Wildman–Crippen MR) is 129 cm³/mol. The van der Waals surface area contributed by atoms with E-state index in [0.29, 0.717) is 35.7 Å². The Labute approximate surface area is 191 Å². The first kappa shape index (κ1) is 22.1. The van der Waals surface area contributed by atoms with Crippen LogP contribution in [0.2, 0.25) is 0 Å². The van der Waals surface area contributed by atoms with Crippen molar-refractivity contribution in [1.82, 2.24) is 4.98 Å². The second-order valence-corrected chi connectivity index (χ2v) is 10.2. The van der Waals surface area contributed by atoms with Crippen LogP contribution in [-0.2, 0) is 16.4 Å². The molecule has 8 nitrogen and oxygen atoms in total. The lowest BCUT2D eigenvalue weighted by Crippen LogP contribution is -2.34. The smallest absolute Gasteiger partial charge is 0.255 e. The van der Waals surface area contributed by atoms with Gasteiger partial charge >= 0.3 is 0 Å². The number of carbonyl (C=O) groups excluding carboxylic acids is 1. The maximum Gasteiger partial charge on any atom is 0.255 e. The van der Waals surface area contributed by atoms with Gasteiger partial charge in [0.1, 0.15) is 5.75 Å². The zero-order chi connectivity index (χ0) is 22.9. The lowest BCUT2D eigenvalue weighted by molar-refractivity contribution is 0.102. The molecular weight excluding hydrogens is 448 g/mol. The van der Waals surface area contributed by atoms with E-state index in [2.05, 4.69) is 15.6 Å². The van der Waals surface area contributed by atoms with Gasteiger partial charge in [-0.1, -0.05) is 0 Å². The number of hydrogen-bond acceptors (Lipinski definition) is 7. The monoisotopic (exact) mass is 472 g/mol. The molecule has 0 atom stereocenters. The number of aryl methyl sites for hydroxylation is 1. The van der Waals surface area contributed by atoms with E-state index >= 15 is 0 Å². The lowest BCUT2D eigenvalue weighted by atomic mass is 10.0. The standard InChI is InChI=1S/C22H24N4O4S2/c1-23-22-25-18(13-31-22)14-7-9-20(30-2)17(12-14)24-21(27)16-6-8-19-15(11-16)5-4-10-26(19)32(3,28)29/h6-9,11-13H,4-5,10H2,1-3H3,(H,23,25)(H,24,27). The second kappa shape index (κ2) is 8.79. The molecule has 1 aliphatic rings. The quantitative estimate of drug-likeness (QED) is 0.566. The number of anilines is 3. The van der Waals surface area contributed by atoms with Gasteiger partial charge in [0.2, 0.25) is 10.0 Å². The first-order valence-electron chi connectivity index (χ1n) is 10.0. The molecule has 0 radical (unpaired) electrons. The summed E-state index contributed by atoms with van der Waals surface area (Å²) in [5.41, 5.74) is 4.12. The van der Waals surface area contributed by atoms with Crippen molar-refractivity contribution < 1.29 is 17.9 Å². The fourth-order valence-corrected chi connectivity index (χ4v) is 5.41. The summed E-state index contributed by atoms with van der Waals surface area (Å²) < 4.78 is 31.0. The van der Waals surface area contributed by atoms with Crippen molar-refractivity contribution in [2.45, 2.75) is 12.8 Å². The largest absolute Gasteiger partial charge is 0.495 e. The lowest BCUT2D eigenvalue weighted by Gasteiger charge is -2.29. The van der Waals surface area contributed by atoms with Crippen LogP contribution in [0.1, 0.15) is 22.3 Å². The van der Waals surface area contributed by atoms with E-state index < -0.39 is 10.0 Å². The van der Waals surface area contributed by atoms with Gasteiger partial charge in [-0.05, 0) is 54.8 Å². The summed E-state index contributed by atoms with van der Waals surface area (Å²) in [6, 6.07) is 10.6. The number of carbonyl (C=O) groups is 1. The fourth-order valence-electron chi connectivity index (χ4n) is 3.73. The van der Waals surface area contributed by atoms with E-state index in [9.17, 15) is 13.2 Å². The zero-order valence-corrected chi connectivity index (χ0v) is 19.6. The summed E-state index contributed by atoms with van der Waals surface area (Å²) in [6.07, 6.45) is 2.63. The van der Waals surface area contributed by atoms with Crippen molar-refractivity contribution in [2.24, 2.45) is 0 Å². The van der Waals surface area contributed by atoms with E-state index in [0.717, 1.165) is 28.4 Å². The fraction of sp³-hybridized carbons (Fsp3) is 0.273. The van der Waals surface area contributed by atoms with Crippen LogP contribution in [0.3, 0.4) is 0 Å². The third-order valence-corrected chi connectivity index (χ3v) is 7.32. The number of amides is 1. The first-order chi connectivity index (χ1) is 15.3. The molecule has 0 spiro atoms. The van der Waals surface area contributed by atoms with Gasteiger partial charge in [-0.3, -0.25) is 9.10 Å².